The van der Waals surface area contributed by atoms with Crippen LogP contribution in [0.25, 0.3) is 0 Å². The minimum Gasteiger partial charge on any atom is -0.326 e. The molecule has 2 aliphatic rings. The van der Waals surface area contributed by atoms with Gasteiger partial charge in [0.1, 0.15) is 0 Å². The van der Waals surface area contributed by atoms with Crippen LogP contribution in [0.3, 0.4) is 0 Å². The Morgan fingerprint density at radius 3 is 2.71 bits per heavy atom. The zero-order valence-corrected chi connectivity index (χ0v) is 10.7. The van der Waals surface area contributed by atoms with Gasteiger partial charge in [0.25, 0.3) is 5.56 Å². The molecule has 0 bridgehead atoms. The zero-order valence-electron chi connectivity index (χ0n) is 9.92. The molecule has 3 rings (SSSR count). The standard InChI is InChI=1S/C13H18N2O.ClH/c16-13-11(9-4-6-14-7-5-9)8-10-2-1-3-12(10)15-13;/h8-9,14H,1-7H2,(H,15,16);1H. The molecule has 1 aliphatic heterocycles. The maximum Gasteiger partial charge on any atom is 0.251 e. The summed E-state index contributed by atoms with van der Waals surface area (Å²) in [6.07, 6.45) is 5.59. The summed E-state index contributed by atoms with van der Waals surface area (Å²) in [7, 11) is 0. The van der Waals surface area contributed by atoms with Gasteiger partial charge in [-0.25, -0.2) is 0 Å². The summed E-state index contributed by atoms with van der Waals surface area (Å²) in [4.78, 5) is 15.1. The fraction of sp³-hybridized carbons (Fsp3) is 0.615. The Morgan fingerprint density at radius 1 is 1.18 bits per heavy atom. The zero-order chi connectivity index (χ0) is 11.0. The van der Waals surface area contributed by atoms with Crippen LogP contribution >= 0.6 is 12.4 Å². The first-order valence-corrected chi connectivity index (χ1v) is 6.30. The quantitative estimate of drug-likeness (QED) is 0.802. The van der Waals surface area contributed by atoms with Gasteiger partial charge in [-0.2, -0.15) is 0 Å². The van der Waals surface area contributed by atoms with Crippen LogP contribution in [-0.2, 0) is 12.8 Å². The van der Waals surface area contributed by atoms with E-state index in [-0.39, 0.29) is 18.0 Å². The van der Waals surface area contributed by atoms with E-state index < -0.39 is 0 Å². The fourth-order valence-electron chi connectivity index (χ4n) is 2.97. The van der Waals surface area contributed by atoms with Crippen molar-refractivity contribution in [1.29, 1.82) is 0 Å². The van der Waals surface area contributed by atoms with Crippen LogP contribution < -0.4 is 10.9 Å². The molecule has 0 spiro atoms. The first-order chi connectivity index (χ1) is 7.84. The maximum atomic E-state index is 12.0. The van der Waals surface area contributed by atoms with E-state index in [1.165, 1.54) is 17.7 Å². The van der Waals surface area contributed by atoms with Crippen molar-refractivity contribution in [3.05, 3.63) is 33.2 Å². The summed E-state index contributed by atoms with van der Waals surface area (Å²) >= 11 is 0. The van der Waals surface area contributed by atoms with Crippen molar-refractivity contribution in [1.82, 2.24) is 10.3 Å². The summed E-state index contributed by atoms with van der Waals surface area (Å²) in [6, 6.07) is 2.18. The molecule has 94 valence electrons. The highest BCUT2D eigenvalue weighted by Crippen LogP contribution is 2.26. The molecule has 0 saturated carbocycles. The van der Waals surface area contributed by atoms with Gasteiger partial charge in [-0.1, -0.05) is 0 Å². The lowest BCUT2D eigenvalue weighted by atomic mass is 9.90. The predicted molar refractivity (Wildman–Crippen MR) is 71.2 cm³/mol. The molecule has 3 nitrogen and oxygen atoms in total. The van der Waals surface area contributed by atoms with Crippen molar-refractivity contribution in [3.8, 4) is 0 Å². The van der Waals surface area contributed by atoms with E-state index in [1.54, 1.807) is 0 Å². The number of piperidine rings is 1. The molecule has 2 heterocycles. The number of rotatable bonds is 1. The monoisotopic (exact) mass is 254 g/mol. The molecule has 1 saturated heterocycles. The Morgan fingerprint density at radius 2 is 1.94 bits per heavy atom. The lowest BCUT2D eigenvalue weighted by Gasteiger charge is -2.22. The third-order valence-electron chi connectivity index (χ3n) is 3.90. The Balaban J connectivity index is 0.00000108. The van der Waals surface area contributed by atoms with Gasteiger partial charge in [-0.3, -0.25) is 4.79 Å². The van der Waals surface area contributed by atoms with Crippen molar-refractivity contribution >= 4 is 12.4 Å². The van der Waals surface area contributed by atoms with Crippen LogP contribution in [-0.4, -0.2) is 18.1 Å². The normalized spacial score (nSPS) is 19.8. The number of H-pyrrole nitrogens is 1. The molecule has 1 aromatic heterocycles. The van der Waals surface area contributed by atoms with E-state index in [4.69, 9.17) is 0 Å². The SMILES string of the molecule is Cl.O=c1[nH]c2c(cc1C1CCNCC1)CCC2. The first-order valence-electron chi connectivity index (χ1n) is 6.30. The lowest BCUT2D eigenvalue weighted by molar-refractivity contribution is 0.457. The molecule has 0 amide bonds. The second-order valence-corrected chi connectivity index (χ2v) is 4.94. The highest BCUT2D eigenvalue weighted by molar-refractivity contribution is 5.85. The largest absolute Gasteiger partial charge is 0.326 e. The van der Waals surface area contributed by atoms with Crippen LogP contribution in [0.2, 0.25) is 0 Å². The third kappa shape index (κ3) is 2.40. The smallest absolute Gasteiger partial charge is 0.251 e. The van der Waals surface area contributed by atoms with E-state index in [9.17, 15) is 4.79 Å². The van der Waals surface area contributed by atoms with Gasteiger partial charge in [0.05, 0.1) is 0 Å². The molecule has 4 heteroatoms. The Kier molecular flexibility index (Phi) is 3.89. The Hall–Kier alpha value is -0.800. The van der Waals surface area contributed by atoms with Crippen LogP contribution in [0.4, 0.5) is 0 Å². The second-order valence-electron chi connectivity index (χ2n) is 4.94. The van der Waals surface area contributed by atoms with Crippen molar-refractivity contribution in [2.75, 3.05) is 13.1 Å². The van der Waals surface area contributed by atoms with E-state index in [1.807, 2.05) is 0 Å². The van der Waals surface area contributed by atoms with Crippen LogP contribution in [0.15, 0.2) is 10.9 Å². The summed E-state index contributed by atoms with van der Waals surface area (Å²) in [5.41, 5.74) is 3.76. The molecular formula is C13H19ClN2O. The number of pyridine rings is 1. The van der Waals surface area contributed by atoms with Crippen LogP contribution in [0.1, 0.15) is 42.0 Å². The second kappa shape index (κ2) is 5.23. The number of hydrogen-bond acceptors (Lipinski definition) is 2. The molecule has 0 radical (unpaired) electrons. The van der Waals surface area contributed by atoms with Gasteiger partial charge >= 0.3 is 0 Å². The number of halogens is 1. The predicted octanol–water partition coefficient (Wildman–Crippen LogP) is 1.75. The van der Waals surface area contributed by atoms with Gasteiger partial charge in [-0.15, -0.1) is 12.4 Å². The van der Waals surface area contributed by atoms with Crippen molar-refractivity contribution in [2.24, 2.45) is 0 Å². The summed E-state index contributed by atoms with van der Waals surface area (Å²) < 4.78 is 0. The lowest BCUT2D eigenvalue weighted by Crippen LogP contribution is -2.30. The number of aryl methyl sites for hydroxylation is 2. The Labute approximate surface area is 107 Å². The van der Waals surface area contributed by atoms with Gasteiger partial charge in [0, 0.05) is 11.3 Å². The van der Waals surface area contributed by atoms with E-state index >= 15 is 0 Å². The van der Waals surface area contributed by atoms with Crippen LogP contribution in [0, 0.1) is 0 Å². The molecule has 0 aromatic carbocycles. The highest BCUT2D eigenvalue weighted by atomic mass is 35.5. The molecule has 1 aromatic rings. The average molecular weight is 255 g/mol. The molecule has 0 atom stereocenters. The maximum absolute atomic E-state index is 12.0. The molecular weight excluding hydrogens is 236 g/mol. The van der Waals surface area contributed by atoms with E-state index in [2.05, 4.69) is 16.4 Å². The number of hydrogen-bond donors (Lipinski definition) is 2. The van der Waals surface area contributed by atoms with Crippen molar-refractivity contribution in [3.63, 3.8) is 0 Å². The van der Waals surface area contributed by atoms with Crippen molar-refractivity contribution in [2.45, 2.75) is 38.0 Å². The van der Waals surface area contributed by atoms with Crippen LogP contribution in [0.5, 0.6) is 0 Å². The van der Waals surface area contributed by atoms with E-state index in [0.29, 0.717) is 5.92 Å². The highest BCUT2D eigenvalue weighted by Gasteiger charge is 2.21. The summed E-state index contributed by atoms with van der Waals surface area (Å²) in [6.45, 7) is 2.09. The Bertz CT molecular complexity index is 449. The molecule has 1 aliphatic carbocycles. The van der Waals surface area contributed by atoms with Gasteiger partial charge in [0.15, 0.2) is 0 Å². The number of aromatic amines is 1. The molecule has 17 heavy (non-hydrogen) atoms. The molecule has 2 N–H and O–H groups in total. The average Bonchev–Trinajstić information content (AvgIpc) is 2.76. The summed E-state index contributed by atoms with van der Waals surface area (Å²) in [5, 5.41) is 3.34. The van der Waals surface area contributed by atoms with Crippen molar-refractivity contribution < 1.29 is 0 Å². The van der Waals surface area contributed by atoms with Gasteiger partial charge in [-0.05, 0) is 62.7 Å². The van der Waals surface area contributed by atoms with Gasteiger partial charge < -0.3 is 10.3 Å². The fourth-order valence-corrected chi connectivity index (χ4v) is 2.97. The number of nitrogens with one attached hydrogen (secondary N) is 2. The molecule has 1 fully saturated rings. The van der Waals surface area contributed by atoms with E-state index in [0.717, 1.165) is 44.3 Å². The minimum absolute atomic E-state index is 0. The molecule has 0 unspecified atom stereocenters. The minimum atomic E-state index is 0. The first kappa shape index (κ1) is 12.7. The van der Waals surface area contributed by atoms with Gasteiger partial charge in [0.2, 0.25) is 0 Å². The number of fused-ring (bicyclic) bond motifs is 1. The topological polar surface area (TPSA) is 44.9 Å². The number of aromatic nitrogens is 1. The third-order valence-corrected chi connectivity index (χ3v) is 3.90. The summed E-state index contributed by atoms with van der Waals surface area (Å²) in [5.74, 6) is 0.468.